The molecule has 2 amide bonds. The number of carbonyl (C=O) groups is 2. The number of nitrogens with one attached hydrogen (secondary N) is 1. The Kier molecular flexibility index (Phi) is 8.60. The Morgan fingerprint density at radius 2 is 1.71 bits per heavy atom. The lowest BCUT2D eigenvalue weighted by molar-refractivity contribution is 0.0779. The number of hydrogen-bond donors (Lipinski definition) is 2. The molecule has 1 heterocycles. The van der Waals surface area contributed by atoms with E-state index in [-0.39, 0.29) is 12.5 Å². The van der Waals surface area contributed by atoms with Gasteiger partial charge < -0.3 is 20.1 Å². The molecule has 184 valence electrons. The molecule has 2 N–H and O–H groups in total. The number of nitrogens with zero attached hydrogens (tertiary/aromatic N) is 2. The number of amides is 2. The highest BCUT2D eigenvalue weighted by molar-refractivity contribution is 6.01. The molecule has 0 aliphatic heterocycles. The summed E-state index contributed by atoms with van der Waals surface area (Å²) in [5, 5.41) is 12.8. The number of aliphatic hydroxyl groups is 1. The summed E-state index contributed by atoms with van der Waals surface area (Å²) in [6.45, 7) is 6.40. The Bertz CT molecular complexity index is 1160. The van der Waals surface area contributed by atoms with Crippen LogP contribution in [0.2, 0.25) is 0 Å². The van der Waals surface area contributed by atoms with Gasteiger partial charge in [-0.05, 0) is 53.8 Å². The number of ether oxygens (including phenoxy) is 1. The molecule has 7 heteroatoms. The monoisotopic (exact) mass is 475 g/mol. The predicted molar refractivity (Wildman–Crippen MR) is 136 cm³/mol. The van der Waals surface area contributed by atoms with E-state index in [1.165, 1.54) is 7.11 Å². The Morgan fingerprint density at radius 3 is 2.29 bits per heavy atom. The number of rotatable bonds is 9. The minimum Gasteiger partial charge on any atom is -0.481 e. The third-order valence-electron chi connectivity index (χ3n) is 5.67. The SMILES string of the molecule is COc1ccc(C(CO)NC(=O)c2cc(C(=O)N(C)CC(C)C)cc(-c3ccc(C)cc3)c2)cn1. The zero-order chi connectivity index (χ0) is 25.5. The molecule has 0 aliphatic rings. The van der Waals surface area contributed by atoms with Crippen LogP contribution >= 0.6 is 0 Å². The molecule has 0 bridgehead atoms. The predicted octanol–water partition coefficient (Wildman–Crippen LogP) is 4.26. The number of aliphatic hydroxyl groups excluding tert-OH is 1. The highest BCUT2D eigenvalue weighted by Crippen LogP contribution is 2.25. The van der Waals surface area contributed by atoms with Gasteiger partial charge in [0.15, 0.2) is 0 Å². The van der Waals surface area contributed by atoms with Gasteiger partial charge in [-0.3, -0.25) is 9.59 Å². The number of aryl methyl sites for hydroxylation is 1. The second kappa shape index (κ2) is 11.6. The van der Waals surface area contributed by atoms with Crippen molar-refractivity contribution < 1.29 is 19.4 Å². The molecule has 7 nitrogen and oxygen atoms in total. The van der Waals surface area contributed by atoms with Gasteiger partial charge in [0.05, 0.1) is 19.8 Å². The van der Waals surface area contributed by atoms with E-state index in [2.05, 4.69) is 24.1 Å². The number of carbonyl (C=O) groups excluding carboxylic acids is 2. The van der Waals surface area contributed by atoms with E-state index in [9.17, 15) is 14.7 Å². The second-order valence-electron chi connectivity index (χ2n) is 9.09. The van der Waals surface area contributed by atoms with Crippen LogP contribution in [0.4, 0.5) is 0 Å². The van der Waals surface area contributed by atoms with Crippen molar-refractivity contribution in [1.82, 2.24) is 15.2 Å². The van der Waals surface area contributed by atoms with Crippen LogP contribution in [0.3, 0.4) is 0 Å². The summed E-state index contributed by atoms with van der Waals surface area (Å²) in [6.07, 6.45) is 1.55. The first kappa shape index (κ1) is 25.9. The molecule has 1 unspecified atom stereocenters. The smallest absolute Gasteiger partial charge is 0.253 e. The lowest BCUT2D eigenvalue weighted by Gasteiger charge is -2.21. The molecule has 1 aromatic heterocycles. The molecule has 0 aliphatic carbocycles. The fourth-order valence-corrected chi connectivity index (χ4v) is 3.84. The summed E-state index contributed by atoms with van der Waals surface area (Å²) >= 11 is 0. The number of benzene rings is 2. The van der Waals surface area contributed by atoms with Crippen LogP contribution in [-0.2, 0) is 0 Å². The number of aromatic nitrogens is 1. The largest absolute Gasteiger partial charge is 0.481 e. The summed E-state index contributed by atoms with van der Waals surface area (Å²) in [4.78, 5) is 32.3. The number of hydrogen-bond acceptors (Lipinski definition) is 5. The van der Waals surface area contributed by atoms with E-state index in [1.54, 1.807) is 42.4 Å². The highest BCUT2D eigenvalue weighted by Gasteiger charge is 2.20. The molecule has 35 heavy (non-hydrogen) atoms. The lowest BCUT2D eigenvalue weighted by Crippen LogP contribution is -2.32. The van der Waals surface area contributed by atoms with Crippen LogP contribution in [0.1, 0.15) is 51.7 Å². The maximum Gasteiger partial charge on any atom is 0.253 e. The Morgan fingerprint density at radius 1 is 1.03 bits per heavy atom. The minimum absolute atomic E-state index is 0.153. The molecule has 0 radical (unpaired) electrons. The van der Waals surface area contributed by atoms with Crippen molar-refractivity contribution in [3.05, 3.63) is 83.0 Å². The molecule has 0 spiro atoms. The molecule has 2 aromatic carbocycles. The van der Waals surface area contributed by atoms with Gasteiger partial charge in [-0.15, -0.1) is 0 Å². The van der Waals surface area contributed by atoms with Crippen LogP contribution in [0.15, 0.2) is 60.8 Å². The Labute approximate surface area is 206 Å². The van der Waals surface area contributed by atoms with Gasteiger partial charge in [0, 0.05) is 37.0 Å². The zero-order valence-corrected chi connectivity index (χ0v) is 20.9. The van der Waals surface area contributed by atoms with Gasteiger partial charge in [-0.25, -0.2) is 4.98 Å². The van der Waals surface area contributed by atoms with Gasteiger partial charge >= 0.3 is 0 Å². The van der Waals surface area contributed by atoms with Crippen molar-refractivity contribution in [2.24, 2.45) is 5.92 Å². The van der Waals surface area contributed by atoms with E-state index >= 15 is 0 Å². The van der Waals surface area contributed by atoms with Crippen molar-refractivity contribution in [3.63, 3.8) is 0 Å². The molecule has 0 fully saturated rings. The molecular formula is C28H33N3O4. The fourth-order valence-electron chi connectivity index (χ4n) is 3.84. The van der Waals surface area contributed by atoms with Gasteiger partial charge in [0.2, 0.25) is 5.88 Å². The minimum atomic E-state index is -0.660. The van der Waals surface area contributed by atoms with E-state index in [4.69, 9.17) is 4.74 Å². The van der Waals surface area contributed by atoms with Crippen LogP contribution in [0, 0.1) is 12.8 Å². The van der Waals surface area contributed by atoms with Crippen molar-refractivity contribution in [2.45, 2.75) is 26.8 Å². The van der Waals surface area contributed by atoms with Gasteiger partial charge in [-0.2, -0.15) is 0 Å². The molecule has 0 saturated carbocycles. The van der Waals surface area contributed by atoms with Crippen LogP contribution in [0.25, 0.3) is 11.1 Å². The molecule has 0 saturated heterocycles. The third kappa shape index (κ3) is 6.67. The van der Waals surface area contributed by atoms with E-state index in [0.717, 1.165) is 16.7 Å². The van der Waals surface area contributed by atoms with Gasteiger partial charge in [0.1, 0.15) is 0 Å². The standard InChI is InChI=1S/C28H33N3O4/c1-18(2)16-31(4)28(34)24-13-22(20-8-6-19(3)7-9-20)12-23(14-24)27(33)30-25(17-32)21-10-11-26(35-5)29-15-21/h6-15,18,25,32H,16-17H2,1-5H3,(H,30,33). The van der Waals surface area contributed by atoms with Crippen molar-refractivity contribution in [1.29, 1.82) is 0 Å². The topological polar surface area (TPSA) is 91.8 Å². The van der Waals surface area contributed by atoms with Crippen LogP contribution < -0.4 is 10.1 Å². The van der Waals surface area contributed by atoms with Crippen molar-refractivity contribution in [3.8, 4) is 17.0 Å². The molecular weight excluding hydrogens is 442 g/mol. The first-order valence-corrected chi connectivity index (χ1v) is 11.6. The quantitative estimate of drug-likeness (QED) is 0.483. The van der Waals surface area contributed by atoms with Crippen molar-refractivity contribution >= 4 is 11.8 Å². The van der Waals surface area contributed by atoms with Gasteiger partial charge in [-0.1, -0.05) is 43.7 Å². The fraction of sp³-hybridized carbons (Fsp3) is 0.321. The summed E-state index contributed by atoms with van der Waals surface area (Å²) in [7, 11) is 3.28. The maximum atomic E-state index is 13.3. The van der Waals surface area contributed by atoms with Crippen molar-refractivity contribution in [2.75, 3.05) is 27.3 Å². The van der Waals surface area contributed by atoms with E-state index in [1.807, 2.05) is 37.3 Å². The van der Waals surface area contributed by atoms with Gasteiger partial charge in [0.25, 0.3) is 11.8 Å². The molecule has 3 aromatic rings. The normalized spacial score (nSPS) is 11.7. The number of pyridine rings is 1. The maximum absolute atomic E-state index is 13.3. The molecule has 3 rings (SSSR count). The zero-order valence-electron chi connectivity index (χ0n) is 20.9. The second-order valence-corrected chi connectivity index (χ2v) is 9.09. The molecule has 1 atom stereocenters. The summed E-state index contributed by atoms with van der Waals surface area (Å²) < 4.78 is 5.08. The summed E-state index contributed by atoms with van der Waals surface area (Å²) in [6, 6.07) is 15.9. The number of methoxy groups -OCH3 is 1. The Hall–Kier alpha value is -3.71. The lowest BCUT2D eigenvalue weighted by atomic mass is 9.97. The van der Waals surface area contributed by atoms with Crippen LogP contribution in [0.5, 0.6) is 5.88 Å². The first-order valence-electron chi connectivity index (χ1n) is 11.6. The van der Waals surface area contributed by atoms with Crippen LogP contribution in [-0.4, -0.2) is 54.1 Å². The Balaban J connectivity index is 1.96. The first-order chi connectivity index (χ1) is 16.7. The third-order valence-corrected chi connectivity index (χ3v) is 5.67. The van der Waals surface area contributed by atoms with E-state index < -0.39 is 11.9 Å². The average Bonchev–Trinajstić information content (AvgIpc) is 2.86. The summed E-state index contributed by atoms with van der Waals surface area (Å²) in [5.41, 5.74) is 4.21. The summed E-state index contributed by atoms with van der Waals surface area (Å²) in [5.74, 6) is 0.209. The highest BCUT2D eigenvalue weighted by atomic mass is 16.5. The average molecular weight is 476 g/mol. The van der Waals surface area contributed by atoms with E-state index in [0.29, 0.717) is 35.0 Å².